The summed E-state index contributed by atoms with van der Waals surface area (Å²) in [7, 11) is 0. The van der Waals surface area contributed by atoms with E-state index in [1.165, 1.54) is 9.35 Å². The SMILES string of the molecule is CC(C)CC(CCl)NCc1sccc1Br. The minimum absolute atomic E-state index is 0.417. The molecule has 1 aromatic rings. The lowest BCUT2D eigenvalue weighted by Gasteiger charge is -2.17. The van der Waals surface area contributed by atoms with E-state index >= 15 is 0 Å². The number of rotatable bonds is 6. The largest absolute Gasteiger partial charge is 0.308 e. The third-order valence-electron chi connectivity index (χ3n) is 2.18. The van der Waals surface area contributed by atoms with Crippen LogP contribution in [-0.4, -0.2) is 11.9 Å². The van der Waals surface area contributed by atoms with Crippen LogP contribution in [0.1, 0.15) is 25.1 Å². The zero-order valence-corrected chi connectivity index (χ0v) is 12.3. The van der Waals surface area contributed by atoms with Gasteiger partial charge in [0.15, 0.2) is 0 Å². The third-order valence-corrected chi connectivity index (χ3v) is 4.48. The quantitative estimate of drug-likeness (QED) is 0.774. The molecule has 0 aliphatic rings. The van der Waals surface area contributed by atoms with Gasteiger partial charge < -0.3 is 5.32 Å². The molecule has 1 rings (SSSR count). The molecule has 1 N–H and O–H groups in total. The molecule has 1 aromatic heterocycles. The Labute approximate surface area is 109 Å². The predicted molar refractivity (Wildman–Crippen MR) is 72.8 cm³/mol. The second-order valence-corrected chi connectivity index (χ2v) is 6.22. The van der Waals surface area contributed by atoms with Gasteiger partial charge in [0, 0.05) is 27.8 Å². The fraction of sp³-hybridized carbons (Fsp3) is 0.636. The average Bonchev–Trinajstić information content (AvgIpc) is 2.58. The Kier molecular flexibility index (Phi) is 6.20. The molecule has 0 radical (unpaired) electrons. The van der Waals surface area contributed by atoms with Gasteiger partial charge in [-0.3, -0.25) is 0 Å². The second kappa shape index (κ2) is 6.89. The maximum absolute atomic E-state index is 5.92. The van der Waals surface area contributed by atoms with E-state index in [9.17, 15) is 0 Å². The van der Waals surface area contributed by atoms with E-state index < -0.39 is 0 Å². The summed E-state index contributed by atoms with van der Waals surface area (Å²) in [5.41, 5.74) is 0. The molecule has 0 fully saturated rings. The molecule has 1 unspecified atom stereocenters. The normalized spacial score (nSPS) is 13.4. The number of hydrogen-bond acceptors (Lipinski definition) is 2. The van der Waals surface area contributed by atoms with E-state index in [-0.39, 0.29) is 0 Å². The molecule has 0 saturated heterocycles. The minimum Gasteiger partial charge on any atom is -0.308 e. The molecular weight excluding hydrogens is 294 g/mol. The number of alkyl halides is 1. The molecule has 0 spiro atoms. The van der Waals surface area contributed by atoms with E-state index in [4.69, 9.17) is 11.6 Å². The maximum Gasteiger partial charge on any atom is 0.0377 e. The molecule has 15 heavy (non-hydrogen) atoms. The van der Waals surface area contributed by atoms with Crippen molar-refractivity contribution in [3.63, 3.8) is 0 Å². The summed E-state index contributed by atoms with van der Waals surface area (Å²) in [5.74, 6) is 1.37. The average molecular weight is 311 g/mol. The van der Waals surface area contributed by atoms with Crippen molar-refractivity contribution in [2.45, 2.75) is 32.9 Å². The highest BCUT2D eigenvalue weighted by molar-refractivity contribution is 9.10. The van der Waals surface area contributed by atoms with Crippen molar-refractivity contribution < 1.29 is 0 Å². The molecule has 0 aromatic carbocycles. The lowest BCUT2D eigenvalue weighted by molar-refractivity contribution is 0.446. The first kappa shape index (κ1) is 13.5. The van der Waals surface area contributed by atoms with Gasteiger partial charge in [0.1, 0.15) is 0 Å². The topological polar surface area (TPSA) is 12.0 Å². The summed E-state index contributed by atoms with van der Waals surface area (Å²) in [6.07, 6.45) is 1.13. The first-order valence-electron chi connectivity index (χ1n) is 5.14. The molecule has 0 aliphatic carbocycles. The highest BCUT2D eigenvalue weighted by Crippen LogP contribution is 2.22. The van der Waals surface area contributed by atoms with E-state index in [1.54, 1.807) is 11.3 Å². The molecule has 4 heteroatoms. The van der Waals surface area contributed by atoms with Crippen molar-refractivity contribution in [1.82, 2.24) is 5.32 Å². The molecule has 0 bridgehead atoms. The van der Waals surface area contributed by atoms with Crippen LogP contribution in [0.3, 0.4) is 0 Å². The van der Waals surface area contributed by atoms with Crippen molar-refractivity contribution in [2.24, 2.45) is 5.92 Å². The highest BCUT2D eigenvalue weighted by Gasteiger charge is 2.10. The van der Waals surface area contributed by atoms with Crippen molar-refractivity contribution in [3.05, 3.63) is 20.8 Å². The Morgan fingerprint density at radius 3 is 2.73 bits per heavy atom. The molecule has 0 saturated carbocycles. The molecule has 1 atom stereocenters. The van der Waals surface area contributed by atoms with Crippen molar-refractivity contribution in [3.8, 4) is 0 Å². The summed E-state index contributed by atoms with van der Waals surface area (Å²) in [5, 5.41) is 5.59. The van der Waals surface area contributed by atoms with Gasteiger partial charge in [0.25, 0.3) is 0 Å². The Bertz CT molecular complexity index is 288. The van der Waals surface area contributed by atoms with Crippen molar-refractivity contribution in [2.75, 3.05) is 5.88 Å². The van der Waals surface area contributed by atoms with Crippen LogP contribution in [0.25, 0.3) is 0 Å². The van der Waals surface area contributed by atoms with Gasteiger partial charge in [-0.25, -0.2) is 0 Å². The number of halogens is 2. The summed E-state index contributed by atoms with van der Waals surface area (Å²) in [4.78, 5) is 1.34. The molecule has 1 heterocycles. The highest BCUT2D eigenvalue weighted by atomic mass is 79.9. The van der Waals surface area contributed by atoms with Crippen LogP contribution in [0.4, 0.5) is 0 Å². The Morgan fingerprint density at radius 1 is 1.53 bits per heavy atom. The minimum atomic E-state index is 0.417. The summed E-state index contributed by atoms with van der Waals surface area (Å²) >= 11 is 11.2. The zero-order chi connectivity index (χ0) is 11.3. The van der Waals surface area contributed by atoms with Crippen LogP contribution >= 0.6 is 38.9 Å². The van der Waals surface area contributed by atoms with Crippen LogP contribution in [0, 0.1) is 5.92 Å². The molecule has 86 valence electrons. The zero-order valence-electron chi connectivity index (χ0n) is 9.09. The van der Waals surface area contributed by atoms with E-state index in [0.29, 0.717) is 17.8 Å². The van der Waals surface area contributed by atoms with Crippen LogP contribution in [-0.2, 0) is 6.54 Å². The van der Waals surface area contributed by atoms with Crippen LogP contribution in [0.5, 0.6) is 0 Å². The Hall–Kier alpha value is 0.430. The number of thiophene rings is 1. The molecule has 0 aliphatic heterocycles. The maximum atomic E-state index is 5.92. The summed E-state index contributed by atoms with van der Waals surface area (Å²) < 4.78 is 1.19. The van der Waals surface area contributed by atoms with Gasteiger partial charge in [0.05, 0.1) is 0 Å². The van der Waals surface area contributed by atoms with Gasteiger partial charge in [-0.15, -0.1) is 22.9 Å². The van der Waals surface area contributed by atoms with Crippen LogP contribution in [0.2, 0.25) is 0 Å². The summed E-state index contributed by atoms with van der Waals surface area (Å²) in [6.45, 7) is 5.35. The standard InChI is InChI=1S/C11H17BrClNS/c1-8(2)5-9(6-13)14-7-11-10(12)3-4-15-11/h3-4,8-9,14H,5-7H2,1-2H3. The van der Waals surface area contributed by atoms with Gasteiger partial charge >= 0.3 is 0 Å². The summed E-state index contributed by atoms with van der Waals surface area (Å²) in [6, 6.07) is 2.50. The van der Waals surface area contributed by atoms with E-state index in [1.807, 2.05) is 0 Å². The monoisotopic (exact) mass is 309 g/mol. The Balaban J connectivity index is 2.37. The van der Waals surface area contributed by atoms with Gasteiger partial charge in [-0.05, 0) is 39.7 Å². The number of nitrogens with one attached hydrogen (secondary N) is 1. The second-order valence-electron chi connectivity index (χ2n) is 4.05. The van der Waals surface area contributed by atoms with Gasteiger partial charge in [-0.1, -0.05) is 13.8 Å². The third kappa shape index (κ3) is 4.85. The van der Waals surface area contributed by atoms with Crippen molar-refractivity contribution >= 4 is 38.9 Å². The van der Waals surface area contributed by atoms with Gasteiger partial charge in [-0.2, -0.15) is 0 Å². The van der Waals surface area contributed by atoms with Gasteiger partial charge in [0.2, 0.25) is 0 Å². The Morgan fingerprint density at radius 2 is 2.27 bits per heavy atom. The predicted octanol–water partition coefficient (Wildman–Crippen LogP) is 4.25. The van der Waals surface area contributed by atoms with Crippen LogP contribution in [0.15, 0.2) is 15.9 Å². The fourth-order valence-corrected chi connectivity index (χ4v) is 3.14. The lowest BCUT2D eigenvalue weighted by Crippen LogP contribution is -2.31. The smallest absolute Gasteiger partial charge is 0.0377 e. The lowest BCUT2D eigenvalue weighted by atomic mass is 10.1. The molecule has 0 amide bonds. The first-order chi connectivity index (χ1) is 7.13. The fourth-order valence-electron chi connectivity index (χ4n) is 1.46. The van der Waals surface area contributed by atoms with E-state index in [0.717, 1.165) is 13.0 Å². The number of hydrogen-bond donors (Lipinski definition) is 1. The molecule has 1 nitrogen and oxygen atoms in total. The molecular formula is C11H17BrClNS. The van der Waals surface area contributed by atoms with Crippen LogP contribution < -0.4 is 5.32 Å². The first-order valence-corrected chi connectivity index (χ1v) is 7.35. The van der Waals surface area contributed by atoms with E-state index in [2.05, 4.69) is 46.5 Å². The van der Waals surface area contributed by atoms with Crippen molar-refractivity contribution in [1.29, 1.82) is 0 Å².